The van der Waals surface area contributed by atoms with Crippen LogP contribution in [0.4, 0.5) is 5.82 Å². The Morgan fingerprint density at radius 1 is 1.09 bits per heavy atom. The molecule has 1 saturated carbocycles. The second-order valence-electron chi connectivity index (χ2n) is 10.6. The van der Waals surface area contributed by atoms with Gasteiger partial charge in [0, 0.05) is 45.3 Å². The van der Waals surface area contributed by atoms with Gasteiger partial charge in [-0.05, 0) is 68.1 Å². The van der Waals surface area contributed by atoms with Crippen molar-refractivity contribution >= 4 is 16.9 Å². The van der Waals surface area contributed by atoms with Crippen LogP contribution in [0.1, 0.15) is 44.6 Å². The van der Waals surface area contributed by atoms with E-state index < -0.39 is 0 Å². The zero-order valence-corrected chi connectivity index (χ0v) is 20.0. The van der Waals surface area contributed by atoms with Crippen LogP contribution in [0.5, 0.6) is 5.75 Å². The number of likely N-dealkylation sites (tertiary alicyclic amines) is 1. The van der Waals surface area contributed by atoms with E-state index in [0.29, 0.717) is 22.7 Å². The number of nitrogens with one attached hydrogen (secondary N) is 2. The van der Waals surface area contributed by atoms with Crippen LogP contribution in [0, 0.1) is 11.3 Å². The van der Waals surface area contributed by atoms with Crippen molar-refractivity contribution in [2.45, 2.75) is 44.6 Å². The van der Waals surface area contributed by atoms with Crippen molar-refractivity contribution in [3.05, 3.63) is 30.3 Å². The summed E-state index contributed by atoms with van der Waals surface area (Å²) in [6, 6.07) is 9.64. The van der Waals surface area contributed by atoms with Gasteiger partial charge in [0.2, 0.25) is 0 Å². The lowest BCUT2D eigenvalue weighted by Gasteiger charge is -2.48. The molecule has 34 heavy (non-hydrogen) atoms. The molecule has 0 bridgehead atoms. The van der Waals surface area contributed by atoms with E-state index >= 15 is 0 Å². The summed E-state index contributed by atoms with van der Waals surface area (Å²) < 4.78 is 2.14. The van der Waals surface area contributed by atoms with E-state index in [1.54, 1.807) is 6.07 Å². The monoisotopic (exact) mass is 461 g/mol. The molecule has 3 N–H and O–H groups in total. The van der Waals surface area contributed by atoms with E-state index in [4.69, 9.17) is 5.10 Å². The molecular formula is C26H35N7O. The molecule has 3 aromatic rings. The lowest BCUT2D eigenvalue weighted by atomic mass is 9.67. The fourth-order valence-electron chi connectivity index (χ4n) is 6.22. The first kappa shape index (κ1) is 21.8. The number of hydrogen-bond acceptors (Lipinski definition) is 7. The Labute approximate surface area is 200 Å². The predicted octanol–water partition coefficient (Wildman–Crippen LogP) is 3.66. The largest absolute Gasteiger partial charge is 0.507 e. The SMILES string of the molecule is CNc1nn(C2CCN(CC3CCC4(CC3)CNC4)CC2)c2cc(-c3ccccc3O)nnc12. The highest BCUT2D eigenvalue weighted by atomic mass is 16.3. The van der Waals surface area contributed by atoms with Crippen LogP contribution in [0.25, 0.3) is 22.3 Å². The number of piperidine rings is 1. The number of phenolic OH excluding ortho intramolecular Hbond substituents is 1. The highest BCUT2D eigenvalue weighted by Gasteiger charge is 2.40. The Kier molecular flexibility index (Phi) is 5.65. The molecule has 8 nitrogen and oxygen atoms in total. The van der Waals surface area contributed by atoms with Crippen molar-refractivity contribution in [3.8, 4) is 17.0 Å². The minimum absolute atomic E-state index is 0.214. The molecular weight excluding hydrogens is 426 g/mol. The maximum atomic E-state index is 10.3. The van der Waals surface area contributed by atoms with Crippen LogP contribution in [-0.4, -0.2) is 69.8 Å². The first-order chi connectivity index (χ1) is 16.6. The van der Waals surface area contributed by atoms with Gasteiger partial charge >= 0.3 is 0 Å². The molecule has 0 atom stereocenters. The summed E-state index contributed by atoms with van der Waals surface area (Å²) in [7, 11) is 1.88. The van der Waals surface area contributed by atoms with Gasteiger partial charge in [0.25, 0.3) is 0 Å². The second-order valence-corrected chi connectivity index (χ2v) is 10.6. The zero-order chi connectivity index (χ0) is 23.1. The van der Waals surface area contributed by atoms with Crippen molar-refractivity contribution in [1.29, 1.82) is 0 Å². The first-order valence-corrected chi connectivity index (χ1v) is 12.8. The summed E-state index contributed by atoms with van der Waals surface area (Å²) in [5.74, 6) is 1.84. The van der Waals surface area contributed by atoms with Crippen molar-refractivity contribution < 1.29 is 5.11 Å². The quantitative estimate of drug-likeness (QED) is 0.534. The molecule has 3 aliphatic rings. The average Bonchev–Trinajstić information content (AvgIpc) is 3.22. The maximum absolute atomic E-state index is 10.3. The van der Waals surface area contributed by atoms with E-state index in [2.05, 4.69) is 30.4 Å². The normalized spacial score (nSPS) is 21.7. The van der Waals surface area contributed by atoms with E-state index in [1.165, 1.54) is 45.3 Å². The van der Waals surface area contributed by atoms with Gasteiger partial charge in [-0.1, -0.05) is 12.1 Å². The average molecular weight is 462 g/mol. The maximum Gasteiger partial charge on any atom is 0.176 e. The van der Waals surface area contributed by atoms with Gasteiger partial charge in [-0.3, -0.25) is 4.68 Å². The van der Waals surface area contributed by atoms with Crippen LogP contribution >= 0.6 is 0 Å². The fraction of sp³-hybridized carbons (Fsp3) is 0.577. The second kappa shape index (κ2) is 8.82. The summed E-state index contributed by atoms with van der Waals surface area (Å²) in [6.07, 6.45) is 7.79. The Hall–Kier alpha value is -2.71. The molecule has 0 radical (unpaired) electrons. The minimum atomic E-state index is 0.214. The topological polar surface area (TPSA) is 91.1 Å². The van der Waals surface area contributed by atoms with Gasteiger partial charge in [0.1, 0.15) is 5.75 Å². The summed E-state index contributed by atoms with van der Waals surface area (Å²) in [5, 5.41) is 30.7. The summed E-state index contributed by atoms with van der Waals surface area (Å²) in [6.45, 7) is 5.98. The molecule has 0 amide bonds. The fourth-order valence-corrected chi connectivity index (χ4v) is 6.22. The number of phenols is 1. The molecule has 0 unspecified atom stereocenters. The van der Waals surface area contributed by atoms with E-state index in [0.717, 1.165) is 48.7 Å². The van der Waals surface area contributed by atoms with Crippen molar-refractivity contribution in [2.75, 3.05) is 45.1 Å². The van der Waals surface area contributed by atoms with Gasteiger partial charge in [-0.2, -0.15) is 5.10 Å². The molecule has 3 fully saturated rings. The van der Waals surface area contributed by atoms with Gasteiger partial charge in [-0.15, -0.1) is 10.2 Å². The first-order valence-electron chi connectivity index (χ1n) is 12.8. The van der Waals surface area contributed by atoms with Gasteiger partial charge in [0.15, 0.2) is 11.3 Å². The highest BCUT2D eigenvalue weighted by Crippen LogP contribution is 2.42. The van der Waals surface area contributed by atoms with Crippen LogP contribution in [0.15, 0.2) is 30.3 Å². The molecule has 6 rings (SSSR count). The van der Waals surface area contributed by atoms with Gasteiger partial charge in [-0.25, -0.2) is 0 Å². The number of hydrogen-bond donors (Lipinski definition) is 3. The zero-order valence-electron chi connectivity index (χ0n) is 20.0. The third kappa shape index (κ3) is 3.92. The summed E-state index contributed by atoms with van der Waals surface area (Å²) in [4.78, 5) is 2.68. The summed E-state index contributed by atoms with van der Waals surface area (Å²) >= 11 is 0. The Bertz CT molecular complexity index is 1150. The van der Waals surface area contributed by atoms with Crippen LogP contribution in [0.2, 0.25) is 0 Å². The third-order valence-corrected chi connectivity index (χ3v) is 8.45. The number of aromatic hydroxyl groups is 1. The predicted molar refractivity (Wildman–Crippen MR) is 134 cm³/mol. The molecule has 4 heterocycles. The molecule has 2 aliphatic heterocycles. The third-order valence-electron chi connectivity index (χ3n) is 8.45. The molecule has 2 saturated heterocycles. The van der Waals surface area contributed by atoms with Crippen molar-refractivity contribution in [3.63, 3.8) is 0 Å². The van der Waals surface area contributed by atoms with Gasteiger partial charge in [0.05, 0.1) is 17.3 Å². The minimum Gasteiger partial charge on any atom is -0.507 e. The number of rotatable bonds is 5. The summed E-state index contributed by atoms with van der Waals surface area (Å²) in [5.41, 5.74) is 3.77. The standard InChI is InChI=1S/C26H35N7O/c1-27-25-24-22(14-21(29-30-24)20-4-2-3-5-23(20)34)33(31-25)19-8-12-32(13-9-19)15-18-6-10-26(11-7-18)16-28-17-26/h2-5,14,18-19,28,34H,6-13,15-17H2,1H3,(H,27,31). The van der Waals surface area contributed by atoms with E-state index in [1.807, 2.05) is 31.3 Å². The van der Waals surface area contributed by atoms with Crippen LogP contribution in [0.3, 0.4) is 0 Å². The Morgan fingerprint density at radius 2 is 1.85 bits per heavy atom. The number of anilines is 1. The lowest BCUT2D eigenvalue weighted by molar-refractivity contribution is 0.0620. The van der Waals surface area contributed by atoms with E-state index in [9.17, 15) is 5.11 Å². The van der Waals surface area contributed by atoms with E-state index in [-0.39, 0.29) is 5.75 Å². The number of benzene rings is 1. The van der Waals surface area contributed by atoms with Crippen molar-refractivity contribution in [2.24, 2.45) is 11.3 Å². The number of fused-ring (bicyclic) bond motifs is 1. The van der Waals surface area contributed by atoms with Crippen molar-refractivity contribution in [1.82, 2.24) is 30.2 Å². The number of aromatic nitrogens is 4. The molecule has 8 heteroatoms. The molecule has 2 aromatic heterocycles. The Morgan fingerprint density at radius 3 is 2.53 bits per heavy atom. The number of para-hydroxylation sites is 1. The van der Waals surface area contributed by atoms with Crippen LogP contribution < -0.4 is 10.6 Å². The van der Waals surface area contributed by atoms with Gasteiger partial charge < -0.3 is 20.6 Å². The highest BCUT2D eigenvalue weighted by molar-refractivity contribution is 5.88. The molecule has 1 aliphatic carbocycles. The number of nitrogens with zero attached hydrogens (tertiary/aromatic N) is 5. The molecule has 1 aromatic carbocycles. The molecule has 180 valence electrons. The molecule has 1 spiro atoms. The Balaban J connectivity index is 1.16. The lowest BCUT2D eigenvalue weighted by Crippen LogP contribution is -2.55. The van der Waals surface area contributed by atoms with Crippen LogP contribution in [-0.2, 0) is 0 Å². The smallest absolute Gasteiger partial charge is 0.176 e.